The normalized spacial score (nSPS) is 16.8. The Morgan fingerprint density at radius 2 is 2.08 bits per heavy atom. The van der Waals surface area contributed by atoms with Crippen molar-refractivity contribution in [3.8, 4) is 0 Å². The molecule has 0 spiro atoms. The van der Waals surface area contributed by atoms with Gasteiger partial charge in [-0.15, -0.1) is 0 Å². The number of hydrogen-bond donors (Lipinski definition) is 1. The number of amides is 2. The van der Waals surface area contributed by atoms with Gasteiger partial charge in [0.1, 0.15) is 0 Å². The summed E-state index contributed by atoms with van der Waals surface area (Å²) in [4.78, 5) is 18.7. The fraction of sp³-hybridized carbons (Fsp3) is 0.400. The molecule has 5 nitrogen and oxygen atoms in total. The number of aryl methyl sites for hydroxylation is 2. The van der Waals surface area contributed by atoms with Gasteiger partial charge in [-0.3, -0.25) is 4.98 Å². The minimum atomic E-state index is -0.0409. The van der Waals surface area contributed by atoms with E-state index in [1.54, 1.807) is 7.11 Å². The second-order valence-corrected chi connectivity index (χ2v) is 6.39. The van der Waals surface area contributed by atoms with E-state index in [0.717, 1.165) is 43.6 Å². The molecular weight excluding hydrogens is 314 g/mol. The summed E-state index contributed by atoms with van der Waals surface area (Å²) in [7, 11) is 1.68. The predicted molar refractivity (Wildman–Crippen MR) is 98.7 cm³/mol. The van der Waals surface area contributed by atoms with E-state index in [1.165, 1.54) is 5.56 Å². The first kappa shape index (κ1) is 17.4. The molecule has 0 saturated carbocycles. The Kier molecular flexibility index (Phi) is 6.01. The van der Waals surface area contributed by atoms with E-state index >= 15 is 0 Å². The lowest BCUT2D eigenvalue weighted by Gasteiger charge is -2.24. The molecule has 1 atom stereocenters. The van der Waals surface area contributed by atoms with Crippen LogP contribution >= 0.6 is 0 Å². The van der Waals surface area contributed by atoms with Crippen LogP contribution in [0.2, 0.25) is 0 Å². The third-order valence-electron chi connectivity index (χ3n) is 4.60. The summed E-state index contributed by atoms with van der Waals surface area (Å²) in [6.45, 7) is 1.39. The lowest BCUT2D eigenvalue weighted by atomic mass is 10.1. The van der Waals surface area contributed by atoms with Crippen LogP contribution in [0, 0.1) is 0 Å². The van der Waals surface area contributed by atoms with Crippen molar-refractivity contribution in [3.05, 3.63) is 59.9 Å². The number of carbonyl (C=O) groups is 1. The fourth-order valence-corrected chi connectivity index (χ4v) is 3.24. The van der Waals surface area contributed by atoms with Gasteiger partial charge in [0.25, 0.3) is 0 Å². The van der Waals surface area contributed by atoms with Gasteiger partial charge in [-0.25, -0.2) is 4.79 Å². The van der Waals surface area contributed by atoms with Crippen molar-refractivity contribution in [3.63, 3.8) is 0 Å². The van der Waals surface area contributed by atoms with Gasteiger partial charge in [0.05, 0.1) is 12.6 Å². The van der Waals surface area contributed by atoms with E-state index < -0.39 is 0 Å². The fourth-order valence-electron chi connectivity index (χ4n) is 3.24. The monoisotopic (exact) mass is 339 g/mol. The van der Waals surface area contributed by atoms with Crippen LogP contribution in [0.25, 0.3) is 0 Å². The number of nitrogens with zero attached hydrogens (tertiary/aromatic N) is 2. The number of nitrogens with one attached hydrogen (secondary N) is 1. The second-order valence-electron chi connectivity index (χ2n) is 6.39. The zero-order chi connectivity index (χ0) is 17.5. The highest BCUT2D eigenvalue weighted by atomic mass is 16.5. The lowest BCUT2D eigenvalue weighted by molar-refractivity contribution is 0.128. The van der Waals surface area contributed by atoms with Crippen LogP contribution in [0.1, 0.15) is 24.1 Å². The third kappa shape index (κ3) is 4.79. The molecule has 1 N–H and O–H groups in total. The first-order chi connectivity index (χ1) is 12.3. The molecule has 2 amide bonds. The standard InChI is InChI=1S/C20H25N3O2/c1-25-15-19-6-4-14-23(19)20(24)22-18-11-8-16(9-12-18)7-10-17-5-2-3-13-21-17/h2-3,5,8-9,11-13,19H,4,6-7,10,14-15H2,1H3,(H,22,24)/t19-/m0/s1. The number of benzene rings is 1. The molecule has 2 heterocycles. The minimum absolute atomic E-state index is 0.0409. The van der Waals surface area contributed by atoms with Gasteiger partial charge >= 0.3 is 6.03 Å². The Bertz CT molecular complexity index is 673. The topological polar surface area (TPSA) is 54.5 Å². The van der Waals surface area contributed by atoms with Crippen molar-refractivity contribution in [2.45, 2.75) is 31.7 Å². The van der Waals surface area contributed by atoms with Crippen molar-refractivity contribution >= 4 is 11.7 Å². The van der Waals surface area contributed by atoms with Crippen LogP contribution in [-0.4, -0.2) is 42.2 Å². The van der Waals surface area contributed by atoms with Gasteiger partial charge in [-0.1, -0.05) is 18.2 Å². The summed E-state index contributed by atoms with van der Waals surface area (Å²) < 4.78 is 5.21. The highest BCUT2D eigenvalue weighted by molar-refractivity contribution is 5.89. The highest BCUT2D eigenvalue weighted by Gasteiger charge is 2.28. The Balaban J connectivity index is 1.52. The van der Waals surface area contributed by atoms with E-state index in [0.29, 0.717) is 6.61 Å². The maximum Gasteiger partial charge on any atom is 0.322 e. The Morgan fingerprint density at radius 3 is 2.80 bits per heavy atom. The average molecular weight is 339 g/mol. The van der Waals surface area contributed by atoms with E-state index in [4.69, 9.17) is 4.74 Å². The van der Waals surface area contributed by atoms with Crippen LogP contribution in [0.4, 0.5) is 10.5 Å². The molecule has 1 aromatic carbocycles. The Labute approximate surface area is 149 Å². The molecule has 0 radical (unpaired) electrons. The molecule has 25 heavy (non-hydrogen) atoms. The quantitative estimate of drug-likeness (QED) is 0.876. The molecule has 3 rings (SSSR count). The number of anilines is 1. The van der Waals surface area contributed by atoms with Gasteiger partial charge in [-0.05, 0) is 55.5 Å². The predicted octanol–water partition coefficient (Wildman–Crippen LogP) is 3.51. The van der Waals surface area contributed by atoms with Crippen molar-refractivity contribution in [2.24, 2.45) is 0 Å². The van der Waals surface area contributed by atoms with Gasteiger partial charge in [0, 0.05) is 31.2 Å². The number of aromatic nitrogens is 1. The molecule has 0 aliphatic carbocycles. The van der Waals surface area contributed by atoms with Gasteiger partial charge in [0.15, 0.2) is 0 Å². The minimum Gasteiger partial charge on any atom is -0.383 e. The summed E-state index contributed by atoms with van der Waals surface area (Å²) in [6, 6.07) is 14.2. The Morgan fingerprint density at radius 1 is 1.24 bits per heavy atom. The molecule has 1 aliphatic rings. The van der Waals surface area contributed by atoms with Gasteiger partial charge in [-0.2, -0.15) is 0 Å². The summed E-state index contributed by atoms with van der Waals surface area (Å²) in [5.74, 6) is 0. The number of methoxy groups -OCH3 is 1. The van der Waals surface area contributed by atoms with Crippen molar-refractivity contribution in [1.82, 2.24) is 9.88 Å². The zero-order valence-electron chi connectivity index (χ0n) is 14.6. The van der Waals surface area contributed by atoms with E-state index in [2.05, 4.69) is 22.4 Å². The number of hydrogen-bond acceptors (Lipinski definition) is 3. The first-order valence-corrected chi connectivity index (χ1v) is 8.81. The van der Waals surface area contributed by atoms with Crippen molar-refractivity contribution in [1.29, 1.82) is 0 Å². The van der Waals surface area contributed by atoms with Crippen LogP contribution in [0.15, 0.2) is 48.7 Å². The summed E-state index contributed by atoms with van der Waals surface area (Å²) in [6.07, 6.45) is 5.72. The summed E-state index contributed by atoms with van der Waals surface area (Å²) in [5, 5.41) is 2.99. The highest BCUT2D eigenvalue weighted by Crippen LogP contribution is 2.19. The molecule has 0 unspecified atom stereocenters. The number of pyridine rings is 1. The van der Waals surface area contributed by atoms with E-state index in [-0.39, 0.29) is 12.1 Å². The smallest absolute Gasteiger partial charge is 0.322 e. The summed E-state index contributed by atoms with van der Waals surface area (Å²) in [5.41, 5.74) is 3.16. The van der Waals surface area contributed by atoms with Crippen molar-refractivity contribution in [2.75, 3.05) is 25.6 Å². The second kappa shape index (κ2) is 8.62. The zero-order valence-corrected chi connectivity index (χ0v) is 14.6. The molecule has 1 saturated heterocycles. The molecule has 132 valence electrons. The molecule has 2 aromatic rings. The van der Waals surface area contributed by atoms with Gasteiger partial charge in [0.2, 0.25) is 0 Å². The van der Waals surface area contributed by atoms with Crippen LogP contribution < -0.4 is 5.32 Å². The first-order valence-electron chi connectivity index (χ1n) is 8.81. The Hall–Kier alpha value is -2.40. The van der Waals surface area contributed by atoms with E-state index in [1.807, 2.05) is 41.4 Å². The number of likely N-dealkylation sites (tertiary alicyclic amines) is 1. The average Bonchev–Trinajstić information content (AvgIpc) is 3.11. The number of ether oxygens (including phenoxy) is 1. The molecule has 5 heteroatoms. The molecular formula is C20H25N3O2. The maximum atomic E-state index is 12.4. The number of rotatable bonds is 6. The van der Waals surface area contributed by atoms with Crippen LogP contribution in [0.3, 0.4) is 0 Å². The molecule has 1 aromatic heterocycles. The van der Waals surface area contributed by atoms with Crippen LogP contribution in [-0.2, 0) is 17.6 Å². The number of carbonyl (C=O) groups excluding carboxylic acids is 1. The third-order valence-corrected chi connectivity index (χ3v) is 4.60. The molecule has 1 aliphatic heterocycles. The SMILES string of the molecule is COC[C@@H]1CCCN1C(=O)Nc1ccc(CCc2ccccn2)cc1. The van der Waals surface area contributed by atoms with Gasteiger partial charge < -0.3 is 15.0 Å². The number of urea groups is 1. The maximum absolute atomic E-state index is 12.4. The van der Waals surface area contributed by atoms with E-state index in [9.17, 15) is 4.79 Å². The molecule has 1 fully saturated rings. The largest absolute Gasteiger partial charge is 0.383 e. The molecule has 0 bridgehead atoms. The van der Waals surface area contributed by atoms with Crippen LogP contribution in [0.5, 0.6) is 0 Å². The van der Waals surface area contributed by atoms with Crippen molar-refractivity contribution < 1.29 is 9.53 Å². The summed E-state index contributed by atoms with van der Waals surface area (Å²) >= 11 is 0. The lowest BCUT2D eigenvalue weighted by Crippen LogP contribution is -2.40.